The van der Waals surface area contributed by atoms with Crippen LogP contribution < -0.4 is 5.32 Å². The van der Waals surface area contributed by atoms with E-state index < -0.39 is 0 Å². The number of likely N-dealkylation sites (tertiary alicyclic amines) is 1. The summed E-state index contributed by atoms with van der Waals surface area (Å²) in [5, 5.41) is 3.75. The molecule has 1 spiro atoms. The van der Waals surface area contributed by atoms with E-state index in [1.165, 1.54) is 90.3 Å². The highest BCUT2D eigenvalue weighted by Gasteiger charge is 2.43. The van der Waals surface area contributed by atoms with Crippen LogP contribution in [0.1, 0.15) is 70.6 Å². The Hall–Kier alpha value is -0.120. The van der Waals surface area contributed by atoms with Crippen LogP contribution in [-0.2, 0) is 4.74 Å². The van der Waals surface area contributed by atoms with Crippen LogP contribution in [0.25, 0.3) is 0 Å². The molecule has 4 rings (SSSR count). The average molecular weight is 292 g/mol. The summed E-state index contributed by atoms with van der Waals surface area (Å²) in [6.45, 7) is 3.70. The lowest BCUT2D eigenvalue weighted by Gasteiger charge is -2.37. The Balaban J connectivity index is 1.29. The number of hydrogen-bond acceptors (Lipinski definition) is 3. The fourth-order valence-corrected chi connectivity index (χ4v) is 4.79. The van der Waals surface area contributed by atoms with Crippen LogP contribution in [0, 0.1) is 0 Å². The van der Waals surface area contributed by atoms with Crippen LogP contribution in [0.2, 0.25) is 0 Å². The zero-order valence-electron chi connectivity index (χ0n) is 13.5. The van der Waals surface area contributed by atoms with Crippen molar-refractivity contribution in [2.75, 3.05) is 19.6 Å². The van der Waals surface area contributed by atoms with Crippen molar-refractivity contribution in [3.63, 3.8) is 0 Å². The summed E-state index contributed by atoms with van der Waals surface area (Å²) in [6.07, 6.45) is 15.6. The molecule has 0 aromatic rings. The lowest BCUT2D eigenvalue weighted by molar-refractivity contribution is -0.0539. The van der Waals surface area contributed by atoms with E-state index in [1.54, 1.807) is 0 Å². The van der Waals surface area contributed by atoms with Crippen LogP contribution in [0.4, 0.5) is 0 Å². The lowest BCUT2D eigenvalue weighted by atomic mass is 9.98. The first-order valence-electron chi connectivity index (χ1n) is 9.48. The fraction of sp³-hybridized carbons (Fsp3) is 1.00. The maximum atomic E-state index is 6.54. The maximum absolute atomic E-state index is 6.54. The van der Waals surface area contributed by atoms with Crippen LogP contribution >= 0.6 is 0 Å². The predicted octanol–water partition coefficient (Wildman–Crippen LogP) is 3.08. The number of nitrogens with one attached hydrogen (secondary N) is 1. The quantitative estimate of drug-likeness (QED) is 0.843. The normalized spacial score (nSPS) is 36.6. The van der Waals surface area contributed by atoms with Gasteiger partial charge >= 0.3 is 0 Å². The minimum Gasteiger partial charge on any atom is -0.370 e. The Bertz CT molecular complexity index is 349. The monoisotopic (exact) mass is 292 g/mol. The Kier molecular flexibility index (Phi) is 4.25. The third-order valence-electron chi connectivity index (χ3n) is 6.26. The van der Waals surface area contributed by atoms with Gasteiger partial charge in [-0.2, -0.15) is 0 Å². The van der Waals surface area contributed by atoms with Gasteiger partial charge < -0.3 is 10.1 Å². The molecule has 4 aliphatic rings. The van der Waals surface area contributed by atoms with Crippen molar-refractivity contribution < 1.29 is 4.74 Å². The topological polar surface area (TPSA) is 24.5 Å². The Morgan fingerprint density at radius 1 is 0.952 bits per heavy atom. The number of piperidine rings is 1. The molecule has 0 aromatic carbocycles. The van der Waals surface area contributed by atoms with Gasteiger partial charge in [0.15, 0.2) is 0 Å². The standard InChI is InChI=1S/C18H32N2O/c1-4-12-20(16(5-1)13-19-15-6-7-15)14-17-8-11-18(21-17)9-2-3-10-18/h15-17,19H,1-14H2. The highest BCUT2D eigenvalue weighted by Crippen LogP contribution is 2.43. The number of rotatable bonds is 5. The SMILES string of the molecule is C1CCN(CC2CCC3(CCCC3)O2)C(CNC2CC2)C1. The number of nitrogens with zero attached hydrogens (tertiary/aromatic N) is 1. The summed E-state index contributed by atoms with van der Waals surface area (Å²) in [5.41, 5.74) is 0.308. The molecule has 0 aromatic heterocycles. The maximum Gasteiger partial charge on any atom is 0.0710 e. The molecule has 0 amide bonds. The van der Waals surface area contributed by atoms with Crippen molar-refractivity contribution in [2.45, 2.75) is 94.4 Å². The molecule has 4 fully saturated rings. The summed E-state index contributed by atoms with van der Waals surface area (Å²) in [6, 6.07) is 1.61. The molecular formula is C18H32N2O. The lowest BCUT2D eigenvalue weighted by Crippen LogP contribution is -2.48. The van der Waals surface area contributed by atoms with Gasteiger partial charge in [0.25, 0.3) is 0 Å². The molecule has 120 valence electrons. The summed E-state index contributed by atoms with van der Waals surface area (Å²) in [5.74, 6) is 0. The van der Waals surface area contributed by atoms with Crippen LogP contribution in [-0.4, -0.2) is 48.3 Å². The summed E-state index contributed by atoms with van der Waals surface area (Å²) >= 11 is 0. The molecule has 0 bridgehead atoms. The first-order valence-corrected chi connectivity index (χ1v) is 9.48. The first kappa shape index (κ1) is 14.5. The largest absolute Gasteiger partial charge is 0.370 e. The van der Waals surface area contributed by atoms with Gasteiger partial charge in [-0.3, -0.25) is 4.90 Å². The van der Waals surface area contributed by atoms with Gasteiger partial charge in [0, 0.05) is 25.2 Å². The predicted molar refractivity (Wildman–Crippen MR) is 85.5 cm³/mol. The minimum absolute atomic E-state index is 0.308. The van der Waals surface area contributed by atoms with Gasteiger partial charge in [-0.15, -0.1) is 0 Å². The first-order chi connectivity index (χ1) is 10.3. The Morgan fingerprint density at radius 3 is 2.62 bits per heavy atom. The van der Waals surface area contributed by atoms with E-state index >= 15 is 0 Å². The van der Waals surface area contributed by atoms with Crippen molar-refractivity contribution in [1.29, 1.82) is 0 Å². The second-order valence-electron chi connectivity index (χ2n) is 8.00. The molecule has 3 heteroatoms. The van der Waals surface area contributed by atoms with Gasteiger partial charge in [0.05, 0.1) is 11.7 Å². The molecule has 2 saturated carbocycles. The molecule has 0 radical (unpaired) electrons. The third-order valence-corrected chi connectivity index (χ3v) is 6.26. The smallest absolute Gasteiger partial charge is 0.0710 e. The summed E-state index contributed by atoms with van der Waals surface area (Å²) in [4.78, 5) is 2.75. The Morgan fingerprint density at radius 2 is 1.81 bits per heavy atom. The van der Waals surface area contributed by atoms with Gasteiger partial charge in [-0.1, -0.05) is 19.3 Å². The molecule has 2 atom stereocenters. The molecular weight excluding hydrogens is 260 g/mol. The van der Waals surface area contributed by atoms with E-state index in [9.17, 15) is 0 Å². The van der Waals surface area contributed by atoms with Crippen molar-refractivity contribution >= 4 is 0 Å². The van der Waals surface area contributed by atoms with Crippen molar-refractivity contribution in [1.82, 2.24) is 10.2 Å². The van der Waals surface area contributed by atoms with E-state index in [-0.39, 0.29) is 0 Å². The van der Waals surface area contributed by atoms with Crippen LogP contribution in [0.3, 0.4) is 0 Å². The molecule has 1 N–H and O–H groups in total. The van der Waals surface area contributed by atoms with Crippen molar-refractivity contribution in [3.8, 4) is 0 Å². The zero-order valence-corrected chi connectivity index (χ0v) is 13.5. The third kappa shape index (κ3) is 3.46. The van der Waals surface area contributed by atoms with Crippen LogP contribution in [0.5, 0.6) is 0 Å². The van der Waals surface area contributed by atoms with Crippen LogP contribution in [0.15, 0.2) is 0 Å². The molecule has 2 aliphatic heterocycles. The summed E-state index contributed by atoms with van der Waals surface area (Å²) in [7, 11) is 0. The van der Waals surface area contributed by atoms with E-state index in [0.717, 1.165) is 12.1 Å². The highest BCUT2D eigenvalue weighted by molar-refractivity contribution is 4.94. The van der Waals surface area contributed by atoms with Gasteiger partial charge in [0.1, 0.15) is 0 Å². The van der Waals surface area contributed by atoms with Crippen molar-refractivity contribution in [3.05, 3.63) is 0 Å². The zero-order chi connectivity index (χ0) is 14.1. The van der Waals surface area contributed by atoms with Gasteiger partial charge in [-0.05, 0) is 57.9 Å². The average Bonchev–Trinajstić information content (AvgIpc) is 3.10. The molecule has 2 heterocycles. The molecule has 2 aliphatic carbocycles. The minimum atomic E-state index is 0.308. The van der Waals surface area contributed by atoms with E-state index in [4.69, 9.17) is 4.74 Å². The Labute approximate surface area is 129 Å². The van der Waals surface area contributed by atoms with E-state index in [2.05, 4.69) is 10.2 Å². The second-order valence-corrected chi connectivity index (χ2v) is 8.00. The molecule has 2 unspecified atom stereocenters. The molecule has 21 heavy (non-hydrogen) atoms. The molecule has 3 nitrogen and oxygen atoms in total. The number of ether oxygens (including phenoxy) is 1. The second kappa shape index (κ2) is 6.17. The van der Waals surface area contributed by atoms with E-state index in [0.29, 0.717) is 11.7 Å². The van der Waals surface area contributed by atoms with Gasteiger partial charge in [0.2, 0.25) is 0 Å². The summed E-state index contributed by atoms with van der Waals surface area (Å²) < 4.78 is 6.54. The van der Waals surface area contributed by atoms with E-state index in [1.807, 2.05) is 0 Å². The van der Waals surface area contributed by atoms with Gasteiger partial charge in [-0.25, -0.2) is 0 Å². The number of hydrogen-bond donors (Lipinski definition) is 1. The fourth-order valence-electron chi connectivity index (χ4n) is 4.79. The highest BCUT2D eigenvalue weighted by atomic mass is 16.5. The van der Waals surface area contributed by atoms with Crippen molar-refractivity contribution in [2.24, 2.45) is 0 Å². The molecule has 2 saturated heterocycles.